The predicted octanol–water partition coefficient (Wildman–Crippen LogP) is 3.26. The lowest BCUT2D eigenvalue weighted by molar-refractivity contribution is 0.414. The Balaban J connectivity index is 2.16. The number of nitrogens with one attached hydrogen (secondary N) is 1. The average molecular weight is 296 g/mol. The van der Waals surface area contributed by atoms with E-state index in [1.165, 1.54) is 6.07 Å². The van der Waals surface area contributed by atoms with Gasteiger partial charge in [0.15, 0.2) is 5.82 Å². The van der Waals surface area contributed by atoms with Gasteiger partial charge in [0.05, 0.1) is 24.2 Å². The molecule has 0 spiro atoms. The SMILES string of the molecule is COc1ccc(CNc2c(N)cc(N)c(Cl)c2F)cc1. The van der Waals surface area contributed by atoms with Gasteiger partial charge >= 0.3 is 0 Å². The summed E-state index contributed by atoms with van der Waals surface area (Å²) in [5, 5.41) is 2.79. The molecule has 0 amide bonds. The van der Waals surface area contributed by atoms with Gasteiger partial charge in [0.25, 0.3) is 0 Å². The fraction of sp³-hybridized carbons (Fsp3) is 0.143. The van der Waals surface area contributed by atoms with Crippen LogP contribution in [-0.4, -0.2) is 7.11 Å². The Morgan fingerprint density at radius 3 is 2.45 bits per heavy atom. The van der Waals surface area contributed by atoms with Crippen LogP contribution in [0.3, 0.4) is 0 Å². The largest absolute Gasteiger partial charge is 0.497 e. The van der Waals surface area contributed by atoms with E-state index in [2.05, 4.69) is 5.32 Å². The quantitative estimate of drug-likeness (QED) is 0.757. The molecule has 6 heteroatoms. The average Bonchev–Trinajstić information content (AvgIpc) is 2.45. The zero-order valence-corrected chi connectivity index (χ0v) is 11.7. The van der Waals surface area contributed by atoms with Crippen LogP contribution in [0.25, 0.3) is 0 Å². The molecule has 0 aromatic heterocycles. The summed E-state index contributed by atoms with van der Waals surface area (Å²) in [6.45, 7) is 0.408. The number of methoxy groups -OCH3 is 1. The van der Waals surface area contributed by atoms with E-state index in [4.69, 9.17) is 27.8 Å². The van der Waals surface area contributed by atoms with Gasteiger partial charge < -0.3 is 21.5 Å². The van der Waals surface area contributed by atoms with Crippen molar-refractivity contribution in [2.75, 3.05) is 23.9 Å². The molecule has 0 aliphatic heterocycles. The van der Waals surface area contributed by atoms with Gasteiger partial charge in [0.1, 0.15) is 10.8 Å². The molecule has 0 fully saturated rings. The minimum absolute atomic E-state index is 0.122. The van der Waals surface area contributed by atoms with Crippen LogP contribution >= 0.6 is 11.6 Å². The molecular weight excluding hydrogens is 281 g/mol. The first-order valence-electron chi connectivity index (χ1n) is 5.92. The number of rotatable bonds is 4. The minimum Gasteiger partial charge on any atom is -0.497 e. The van der Waals surface area contributed by atoms with Crippen molar-refractivity contribution in [1.82, 2.24) is 0 Å². The fourth-order valence-electron chi connectivity index (χ4n) is 1.78. The summed E-state index contributed by atoms with van der Waals surface area (Å²) in [5.74, 6) is 0.118. The van der Waals surface area contributed by atoms with E-state index in [0.29, 0.717) is 6.54 Å². The molecule has 0 aliphatic carbocycles. The maximum atomic E-state index is 14.0. The number of hydrogen-bond donors (Lipinski definition) is 3. The first-order chi connectivity index (χ1) is 9.52. The Labute approximate surface area is 121 Å². The summed E-state index contributed by atoms with van der Waals surface area (Å²) in [4.78, 5) is 0. The number of anilines is 3. The molecule has 106 valence electrons. The van der Waals surface area contributed by atoms with Gasteiger partial charge in [-0.05, 0) is 23.8 Å². The van der Waals surface area contributed by atoms with E-state index < -0.39 is 5.82 Å². The maximum Gasteiger partial charge on any atom is 0.169 e. The molecule has 5 N–H and O–H groups in total. The van der Waals surface area contributed by atoms with Crippen LogP contribution in [0.5, 0.6) is 5.75 Å². The minimum atomic E-state index is -0.641. The zero-order valence-electron chi connectivity index (χ0n) is 10.9. The van der Waals surface area contributed by atoms with Gasteiger partial charge in [-0.2, -0.15) is 0 Å². The van der Waals surface area contributed by atoms with Crippen molar-refractivity contribution < 1.29 is 9.13 Å². The highest BCUT2D eigenvalue weighted by atomic mass is 35.5. The van der Waals surface area contributed by atoms with Gasteiger partial charge in [-0.1, -0.05) is 23.7 Å². The Bertz CT molecular complexity index is 617. The Morgan fingerprint density at radius 1 is 1.20 bits per heavy atom. The highest BCUT2D eigenvalue weighted by Crippen LogP contribution is 2.33. The summed E-state index contributed by atoms with van der Waals surface area (Å²) < 4.78 is 19.0. The summed E-state index contributed by atoms with van der Waals surface area (Å²) in [5.41, 5.74) is 12.7. The van der Waals surface area contributed by atoms with Gasteiger partial charge in [0.2, 0.25) is 0 Å². The highest BCUT2D eigenvalue weighted by Gasteiger charge is 2.13. The molecule has 2 aromatic carbocycles. The molecule has 2 rings (SSSR count). The number of hydrogen-bond acceptors (Lipinski definition) is 4. The van der Waals surface area contributed by atoms with Crippen LogP contribution in [0, 0.1) is 5.82 Å². The molecule has 0 bridgehead atoms. The van der Waals surface area contributed by atoms with E-state index in [9.17, 15) is 4.39 Å². The molecule has 0 radical (unpaired) electrons. The molecule has 0 aliphatic rings. The van der Waals surface area contributed by atoms with Crippen molar-refractivity contribution in [2.24, 2.45) is 0 Å². The van der Waals surface area contributed by atoms with Crippen molar-refractivity contribution in [2.45, 2.75) is 6.54 Å². The molecule has 0 heterocycles. The number of nitrogens with two attached hydrogens (primary N) is 2. The summed E-state index contributed by atoms with van der Waals surface area (Å²) >= 11 is 5.76. The Hall–Kier alpha value is -2.14. The third-order valence-electron chi connectivity index (χ3n) is 2.89. The molecule has 2 aromatic rings. The van der Waals surface area contributed by atoms with E-state index >= 15 is 0 Å². The first-order valence-corrected chi connectivity index (χ1v) is 6.30. The third kappa shape index (κ3) is 2.88. The molecule has 0 saturated carbocycles. The van der Waals surface area contributed by atoms with Crippen LogP contribution in [0.2, 0.25) is 5.02 Å². The second-order valence-corrected chi connectivity index (χ2v) is 4.64. The van der Waals surface area contributed by atoms with Crippen LogP contribution in [0.1, 0.15) is 5.56 Å². The van der Waals surface area contributed by atoms with E-state index in [0.717, 1.165) is 11.3 Å². The van der Waals surface area contributed by atoms with E-state index in [1.54, 1.807) is 7.11 Å². The number of halogens is 2. The van der Waals surface area contributed by atoms with Crippen LogP contribution in [0.15, 0.2) is 30.3 Å². The lowest BCUT2D eigenvalue weighted by atomic mass is 10.2. The lowest BCUT2D eigenvalue weighted by Crippen LogP contribution is -2.06. The first kappa shape index (κ1) is 14.3. The lowest BCUT2D eigenvalue weighted by Gasteiger charge is -2.13. The normalized spacial score (nSPS) is 10.3. The molecule has 0 unspecified atom stereocenters. The van der Waals surface area contributed by atoms with Crippen molar-refractivity contribution in [3.8, 4) is 5.75 Å². The summed E-state index contributed by atoms with van der Waals surface area (Å²) in [6, 6.07) is 8.83. The second-order valence-electron chi connectivity index (χ2n) is 4.26. The molecule has 4 nitrogen and oxygen atoms in total. The molecule has 0 saturated heterocycles. The van der Waals surface area contributed by atoms with Gasteiger partial charge in [-0.15, -0.1) is 0 Å². The van der Waals surface area contributed by atoms with Crippen molar-refractivity contribution >= 4 is 28.7 Å². The third-order valence-corrected chi connectivity index (χ3v) is 3.28. The molecular formula is C14H15ClFN3O. The summed E-state index contributed by atoms with van der Waals surface area (Å²) in [7, 11) is 1.60. The van der Waals surface area contributed by atoms with Gasteiger partial charge in [-0.3, -0.25) is 0 Å². The fourth-order valence-corrected chi connectivity index (χ4v) is 1.93. The number of benzene rings is 2. The maximum absolute atomic E-state index is 14.0. The van der Waals surface area contributed by atoms with E-state index in [-0.39, 0.29) is 22.1 Å². The highest BCUT2D eigenvalue weighted by molar-refractivity contribution is 6.33. The van der Waals surface area contributed by atoms with Crippen LogP contribution in [0.4, 0.5) is 21.5 Å². The molecule has 20 heavy (non-hydrogen) atoms. The van der Waals surface area contributed by atoms with Crippen molar-refractivity contribution in [3.63, 3.8) is 0 Å². The van der Waals surface area contributed by atoms with Gasteiger partial charge in [0, 0.05) is 6.54 Å². The monoisotopic (exact) mass is 295 g/mol. The standard InChI is InChI=1S/C14H15ClFN3O/c1-20-9-4-2-8(3-5-9)7-19-14-11(18)6-10(17)12(15)13(14)16/h2-6,19H,7,17-18H2,1H3. The summed E-state index contributed by atoms with van der Waals surface area (Å²) in [6.07, 6.45) is 0. The topological polar surface area (TPSA) is 73.3 Å². The van der Waals surface area contributed by atoms with Crippen LogP contribution in [-0.2, 0) is 6.54 Å². The van der Waals surface area contributed by atoms with Gasteiger partial charge in [-0.25, -0.2) is 4.39 Å². The molecule has 0 atom stereocenters. The second kappa shape index (κ2) is 5.88. The number of nitrogen functional groups attached to an aromatic ring is 2. The van der Waals surface area contributed by atoms with Crippen molar-refractivity contribution in [1.29, 1.82) is 0 Å². The zero-order chi connectivity index (χ0) is 14.7. The Kier molecular flexibility index (Phi) is 4.20. The van der Waals surface area contributed by atoms with Crippen LogP contribution < -0.4 is 21.5 Å². The van der Waals surface area contributed by atoms with Crippen molar-refractivity contribution in [3.05, 3.63) is 46.7 Å². The number of ether oxygens (including phenoxy) is 1. The predicted molar refractivity (Wildman–Crippen MR) is 80.6 cm³/mol. The smallest absolute Gasteiger partial charge is 0.169 e. The Morgan fingerprint density at radius 2 is 1.85 bits per heavy atom. The van der Waals surface area contributed by atoms with E-state index in [1.807, 2.05) is 24.3 Å².